The molecule has 2 rings (SSSR count). The quantitative estimate of drug-likeness (QED) is 0.721. The Labute approximate surface area is 93.7 Å². The van der Waals surface area contributed by atoms with Crippen molar-refractivity contribution < 1.29 is 9.90 Å². The van der Waals surface area contributed by atoms with Gasteiger partial charge in [-0.1, -0.05) is 6.07 Å². The maximum Gasteiger partial charge on any atom is 0.407 e. The van der Waals surface area contributed by atoms with Crippen LogP contribution in [0.25, 0.3) is 0 Å². The van der Waals surface area contributed by atoms with E-state index in [0.29, 0.717) is 18.7 Å². The molecule has 1 aromatic rings. The molecule has 0 saturated heterocycles. The van der Waals surface area contributed by atoms with E-state index < -0.39 is 6.09 Å². The molecular formula is C12H12N2O2. The van der Waals surface area contributed by atoms with E-state index in [4.69, 9.17) is 10.4 Å². The van der Waals surface area contributed by atoms with Crippen molar-refractivity contribution in [2.24, 2.45) is 0 Å². The monoisotopic (exact) mass is 216 g/mol. The maximum absolute atomic E-state index is 10.9. The van der Waals surface area contributed by atoms with E-state index in [0.717, 1.165) is 24.0 Å². The minimum absolute atomic E-state index is 0.427. The zero-order valence-corrected chi connectivity index (χ0v) is 8.81. The lowest BCUT2D eigenvalue weighted by molar-refractivity contribution is 0.143. The molecule has 4 nitrogen and oxygen atoms in total. The number of hydrogen-bond acceptors (Lipinski definition) is 2. The van der Waals surface area contributed by atoms with E-state index in [1.807, 2.05) is 12.1 Å². The lowest BCUT2D eigenvalue weighted by Crippen LogP contribution is -2.28. The van der Waals surface area contributed by atoms with Gasteiger partial charge in [0.2, 0.25) is 0 Å². The number of aryl methyl sites for hydroxylation is 1. The van der Waals surface area contributed by atoms with E-state index in [1.54, 1.807) is 6.07 Å². The predicted octanol–water partition coefficient (Wildman–Crippen LogP) is 1.98. The van der Waals surface area contributed by atoms with Crippen LogP contribution in [0, 0.1) is 11.3 Å². The van der Waals surface area contributed by atoms with E-state index >= 15 is 0 Å². The summed E-state index contributed by atoms with van der Waals surface area (Å²) >= 11 is 0. The summed E-state index contributed by atoms with van der Waals surface area (Å²) in [6.45, 7) is 0.988. The number of carboxylic acid groups (broad SMARTS) is 1. The average Bonchev–Trinajstić information content (AvgIpc) is 2.49. The Morgan fingerprint density at radius 2 is 2.25 bits per heavy atom. The van der Waals surface area contributed by atoms with Gasteiger partial charge in [0.25, 0.3) is 0 Å². The molecule has 0 saturated carbocycles. The summed E-state index contributed by atoms with van der Waals surface area (Å²) in [4.78, 5) is 12.3. The smallest absolute Gasteiger partial charge is 0.407 e. The van der Waals surface area contributed by atoms with E-state index in [2.05, 4.69) is 6.07 Å². The molecule has 0 spiro atoms. The minimum Gasteiger partial charge on any atom is -0.465 e. The Bertz CT molecular complexity index is 463. The molecule has 0 fully saturated rings. The molecule has 1 aromatic carbocycles. The fourth-order valence-electron chi connectivity index (χ4n) is 1.99. The second-order valence-corrected chi connectivity index (χ2v) is 3.90. The first-order valence-electron chi connectivity index (χ1n) is 5.20. The van der Waals surface area contributed by atoms with Gasteiger partial charge in [0.15, 0.2) is 0 Å². The van der Waals surface area contributed by atoms with Gasteiger partial charge in [0, 0.05) is 13.1 Å². The van der Waals surface area contributed by atoms with Crippen molar-refractivity contribution in [1.29, 1.82) is 5.26 Å². The molecule has 4 heteroatoms. The molecule has 0 bridgehead atoms. The minimum atomic E-state index is -0.878. The molecule has 1 heterocycles. The van der Waals surface area contributed by atoms with Gasteiger partial charge in [-0.05, 0) is 36.1 Å². The van der Waals surface area contributed by atoms with Gasteiger partial charge in [-0.15, -0.1) is 0 Å². The van der Waals surface area contributed by atoms with Crippen LogP contribution in [0.15, 0.2) is 18.2 Å². The highest BCUT2D eigenvalue weighted by atomic mass is 16.4. The number of amides is 1. The van der Waals surface area contributed by atoms with Gasteiger partial charge in [-0.25, -0.2) is 4.79 Å². The molecule has 1 N–H and O–H groups in total. The molecule has 0 atom stereocenters. The Morgan fingerprint density at radius 3 is 2.94 bits per heavy atom. The van der Waals surface area contributed by atoms with Crippen molar-refractivity contribution in [3.05, 3.63) is 34.9 Å². The number of hydrogen-bond donors (Lipinski definition) is 1. The SMILES string of the molecule is N#Cc1ccc2c(c1)CCCN(C(=O)O)C2. The Morgan fingerprint density at radius 1 is 1.44 bits per heavy atom. The number of nitrogens with zero attached hydrogens (tertiary/aromatic N) is 2. The zero-order valence-electron chi connectivity index (χ0n) is 8.81. The number of nitriles is 1. The van der Waals surface area contributed by atoms with Gasteiger partial charge in [-0.2, -0.15) is 5.26 Å². The lowest BCUT2D eigenvalue weighted by atomic mass is 10.0. The standard InChI is InChI=1S/C12H12N2O2/c13-7-9-3-4-11-8-14(12(15)16)5-1-2-10(11)6-9/h3-4,6H,1-2,5,8H2,(H,15,16). The fourth-order valence-corrected chi connectivity index (χ4v) is 1.99. The Balaban J connectivity index is 2.32. The first kappa shape index (κ1) is 10.5. The second kappa shape index (κ2) is 4.23. The molecule has 1 aliphatic rings. The van der Waals surface area contributed by atoms with Gasteiger partial charge < -0.3 is 10.0 Å². The van der Waals surface area contributed by atoms with E-state index in [9.17, 15) is 4.79 Å². The van der Waals surface area contributed by atoms with Crippen LogP contribution in [0.5, 0.6) is 0 Å². The van der Waals surface area contributed by atoms with Crippen molar-refractivity contribution in [3.63, 3.8) is 0 Å². The molecule has 0 aromatic heterocycles. The fraction of sp³-hybridized carbons (Fsp3) is 0.333. The van der Waals surface area contributed by atoms with Gasteiger partial charge in [-0.3, -0.25) is 0 Å². The third kappa shape index (κ3) is 1.98. The number of carbonyl (C=O) groups is 1. The van der Waals surface area contributed by atoms with Crippen LogP contribution in [0.3, 0.4) is 0 Å². The first-order chi connectivity index (χ1) is 7.70. The van der Waals surface area contributed by atoms with Gasteiger partial charge in [0.05, 0.1) is 11.6 Å². The van der Waals surface area contributed by atoms with Crippen molar-refractivity contribution in [2.45, 2.75) is 19.4 Å². The third-order valence-corrected chi connectivity index (χ3v) is 2.84. The molecule has 16 heavy (non-hydrogen) atoms. The number of benzene rings is 1. The Kier molecular flexibility index (Phi) is 2.78. The Hall–Kier alpha value is -2.02. The molecule has 1 amide bonds. The highest BCUT2D eigenvalue weighted by molar-refractivity contribution is 5.65. The highest BCUT2D eigenvalue weighted by Crippen LogP contribution is 2.20. The van der Waals surface area contributed by atoms with Gasteiger partial charge in [0.1, 0.15) is 0 Å². The summed E-state index contributed by atoms with van der Waals surface area (Å²) in [6, 6.07) is 7.56. The summed E-state index contributed by atoms with van der Waals surface area (Å²) in [5.41, 5.74) is 2.75. The largest absolute Gasteiger partial charge is 0.465 e. The molecule has 0 aliphatic carbocycles. The summed E-state index contributed by atoms with van der Waals surface area (Å²) < 4.78 is 0. The maximum atomic E-state index is 10.9. The van der Waals surface area contributed by atoms with Crippen LogP contribution in [0.1, 0.15) is 23.1 Å². The summed E-state index contributed by atoms with van der Waals surface area (Å²) in [5.74, 6) is 0. The molecule has 0 unspecified atom stereocenters. The summed E-state index contributed by atoms with van der Waals surface area (Å²) in [5, 5.41) is 17.8. The molecule has 1 aliphatic heterocycles. The van der Waals surface area contributed by atoms with Crippen molar-refractivity contribution in [1.82, 2.24) is 4.90 Å². The number of fused-ring (bicyclic) bond motifs is 1. The average molecular weight is 216 g/mol. The van der Waals surface area contributed by atoms with Crippen LogP contribution in [-0.4, -0.2) is 22.6 Å². The summed E-state index contributed by atoms with van der Waals surface area (Å²) in [7, 11) is 0. The zero-order chi connectivity index (χ0) is 11.5. The molecular weight excluding hydrogens is 204 g/mol. The summed E-state index contributed by atoms with van der Waals surface area (Å²) in [6.07, 6.45) is 0.778. The van der Waals surface area contributed by atoms with Crippen LogP contribution < -0.4 is 0 Å². The number of rotatable bonds is 0. The normalized spacial score (nSPS) is 14.8. The predicted molar refractivity (Wildman–Crippen MR) is 57.9 cm³/mol. The molecule has 0 radical (unpaired) electrons. The van der Waals surface area contributed by atoms with Crippen molar-refractivity contribution in [3.8, 4) is 6.07 Å². The molecule has 82 valence electrons. The van der Waals surface area contributed by atoms with Crippen LogP contribution in [-0.2, 0) is 13.0 Å². The first-order valence-corrected chi connectivity index (χ1v) is 5.20. The van der Waals surface area contributed by atoms with Crippen molar-refractivity contribution >= 4 is 6.09 Å². The van der Waals surface area contributed by atoms with E-state index in [-0.39, 0.29) is 0 Å². The van der Waals surface area contributed by atoms with Crippen LogP contribution in [0.4, 0.5) is 4.79 Å². The highest BCUT2D eigenvalue weighted by Gasteiger charge is 2.17. The third-order valence-electron chi connectivity index (χ3n) is 2.84. The van der Waals surface area contributed by atoms with Crippen LogP contribution in [0.2, 0.25) is 0 Å². The van der Waals surface area contributed by atoms with E-state index in [1.165, 1.54) is 4.90 Å². The van der Waals surface area contributed by atoms with Crippen molar-refractivity contribution in [2.75, 3.05) is 6.54 Å². The van der Waals surface area contributed by atoms with Gasteiger partial charge >= 0.3 is 6.09 Å². The second-order valence-electron chi connectivity index (χ2n) is 3.90. The topological polar surface area (TPSA) is 64.3 Å². The lowest BCUT2D eigenvalue weighted by Gasteiger charge is -2.16. The van der Waals surface area contributed by atoms with Crippen LogP contribution >= 0.6 is 0 Å².